The van der Waals surface area contributed by atoms with Crippen LogP contribution in [0.1, 0.15) is 66.7 Å². The highest BCUT2D eigenvalue weighted by Gasteiger charge is 2.40. The first-order valence-electron chi connectivity index (χ1n) is 7.94. The Bertz CT molecular complexity index is 311. The van der Waals surface area contributed by atoms with E-state index in [2.05, 4.69) is 13.8 Å². The first-order chi connectivity index (χ1) is 9.32. The minimum atomic E-state index is -0.434. The molecule has 0 aromatic carbocycles. The number of hydrogen-bond donors (Lipinski definition) is 0. The number of rotatable bonds is 6. The maximum Gasteiger partial charge on any atom is 0.410 e. The number of likely N-dealkylation sites (tertiary alicyclic amines) is 1. The SMILES string of the molecule is CCCCCOC1(CC)CCN(C(=O)OC(C)(C)C)C1. The van der Waals surface area contributed by atoms with Crippen LogP contribution in [0, 0.1) is 0 Å². The third-order valence-corrected chi connectivity index (χ3v) is 3.77. The minimum Gasteiger partial charge on any atom is -0.444 e. The molecule has 1 atom stereocenters. The van der Waals surface area contributed by atoms with Crippen molar-refractivity contribution in [2.45, 2.75) is 77.9 Å². The minimum absolute atomic E-state index is 0.162. The number of ether oxygens (including phenoxy) is 2. The molecule has 1 heterocycles. The van der Waals surface area contributed by atoms with E-state index in [9.17, 15) is 4.79 Å². The Labute approximate surface area is 123 Å². The van der Waals surface area contributed by atoms with Crippen LogP contribution in [0.4, 0.5) is 4.79 Å². The number of unbranched alkanes of at least 4 members (excludes halogenated alkanes) is 2. The van der Waals surface area contributed by atoms with Crippen molar-refractivity contribution in [3.63, 3.8) is 0 Å². The lowest BCUT2D eigenvalue weighted by atomic mass is 10.00. The van der Waals surface area contributed by atoms with Crippen molar-refractivity contribution < 1.29 is 14.3 Å². The molecular weight excluding hydrogens is 254 g/mol. The van der Waals surface area contributed by atoms with Gasteiger partial charge in [-0.25, -0.2) is 4.79 Å². The summed E-state index contributed by atoms with van der Waals surface area (Å²) in [6, 6.07) is 0. The van der Waals surface area contributed by atoms with E-state index in [-0.39, 0.29) is 11.7 Å². The molecule has 1 amide bonds. The second-order valence-electron chi connectivity index (χ2n) is 6.74. The van der Waals surface area contributed by atoms with E-state index in [1.54, 1.807) is 4.90 Å². The van der Waals surface area contributed by atoms with Crippen LogP contribution in [0.25, 0.3) is 0 Å². The first-order valence-corrected chi connectivity index (χ1v) is 7.94. The van der Waals surface area contributed by atoms with Gasteiger partial charge < -0.3 is 14.4 Å². The van der Waals surface area contributed by atoms with Crippen molar-refractivity contribution >= 4 is 6.09 Å². The van der Waals surface area contributed by atoms with Gasteiger partial charge in [-0.05, 0) is 40.0 Å². The Kier molecular flexibility index (Phi) is 6.31. The molecule has 0 bridgehead atoms. The lowest BCUT2D eigenvalue weighted by molar-refractivity contribution is -0.0437. The van der Waals surface area contributed by atoms with Gasteiger partial charge in [-0.1, -0.05) is 26.7 Å². The Morgan fingerprint density at radius 1 is 1.25 bits per heavy atom. The monoisotopic (exact) mass is 285 g/mol. The molecule has 1 saturated heterocycles. The summed E-state index contributed by atoms with van der Waals surface area (Å²) in [6.45, 7) is 12.2. The highest BCUT2D eigenvalue weighted by Crippen LogP contribution is 2.30. The van der Waals surface area contributed by atoms with Crippen molar-refractivity contribution in [2.24, 2.45) is 0 Å². The highest BCUT2D eigenvalue weighted by molar-refractivity contribution is 5.68. The molecule has 0 saturated carbocycles. The third-order valence-electron chi connectivity index (χ3n) is 3.77. The molecule has 4 heteroatoms. The zero-order valence-corrected chi connectivity index (χ0v) is 13.8. The highest BCUT2D eigenvalue weighted by atomic mass is 16.6. The molecular formula is C16H31NO3. The summed E-state index contributed by atoms with van der Waals surface area (Å²) in [7, 11) is 0. The smallest absolute Gasteiger partial charge is 0.410 e. The summed E-state index contributed by atoms with van der Waals surface area (Å²) >= 11 is 0. The topological polar surface area (TPSA) is 38.8 Å². The van der Waals surface area contributed by atoms with Crippen LogP contribution < -0.4 is 0 Å². The normalized spacial score (nSPS) is 23.1. The maximum atomic E-state index is 12.1. The number of carbonyl (C=O) groups excluding carboxylic acids is 1. The van der Waals surface area contributed by atoms with Gasteiger partial charge in [0.1, 0.15) is 5.60 Å². The molecule has 1 aliphatic heterocycles. The molecule has 0 aromatic rings. The Hall–Kier alpha value is -0.770. The molecule has 0 radical (unpaired) electrons. The van der Waals surface area contributed by atoms with Crippen molar-refractivity contribution in [3.8, 4) is 0 Å². The number of carbonyl (C=O) groups is 1. The zero-order valence-electron chi connectivity index (χ0n) is 13.8. The fourth-order valence-corrected chi connectivity index (χ4v) is 2.48. The molecule has 0 aromatic heterocycles. The fourth-order valence-electron chi connectivity index (χ4n) is 2.48. The van der Waals surface area contributed by atoms with Crippen molar-refractivity contribution in [3.05, 3.63) is 0 Å². The first kappa shape index (κ1) is 17.3. The lowest BCUT2D eigenvalue weighted by Gasteiger charge is -2.29. The van der Waals surface area contributed by atoms with Gasteiger partial charge >= 0.3 is 6.09 Å². The van der Waals surface area contributed by atoms with E-state index in [0.717, 1.165) is 32.4 Å². The standard InChI is InChI=1S/C16H31NO3/c1-6-8-9-12-19-16(7-2)10-11-17(13-16)14(18)20-15(3,4)5/h6-13H2,1-5H3. The van der Waals surface area contributed by atoms with E-state index >= 15 is 0 Å². The van der Waals surface area contributed by atoms with Crippen LogP contribution in [0.5, 0.6) is 0 Å². The molecule has 0 spiro atoms. The summed E-state index contributed by atoms with van der Waals surface area (Å²) in [5.41, 5.74) is -0.596. The van der Waals surface area contributed by atoms with E-state index in [4.69, 9.17) is 9.47 Å². The Morgan fingerprint density at radius 3 is 2.50 bits per heavy atom. The largest absolute Gasteiger partial charge is 0.444 e. The zero-order chi connectivity index (χ0) is 15.2. The van der Waals surface area contributed by atoms with Gasteiger partial charge in [0.25, 0.3) is 0 Å². The number of nitrogens with zero attached hydrogens (tertiary/aromatic N) is 1. The summed E-state index contributed by atoms with van der Waals surface area (Å²) in [5, 5.41) is 0. The van der Waals surface area contributed by atoms with Crippen molar-refractivity contribution in [1.29, 1.82) is 0 Å². The van der Waals surface area contributed by atoms with E-state index in [1.807, 2.05) is 20.8 Å². The van der Waals surface area contributed by atoms with Gasteiger partial charge in [0.2, 0.25) is 0 Å². The molecule has 1 aliphatic rings. The number of hydrogen-bond acceptors (Lipinski definition) is 3. The third kappa shape index (κ3) is 5.31. The van der Waals surface area contributed by atoms with Gasteiger partial charge in [0, 0.05) is 13.2 Å². The fraction of sp³-hybridized carbons (Fsp3) is 0.938. The lowest BCUT2D eigenvalue weighted by Crippen LogP contribution is -2.40. The predicted octanol–water partition coefficient (Wildman–Crippen LogP) is 3.98. The second-order valence-corrected chi connectivity index (χ2v) is 6.74. The maximum absolute atomic E-state index is 12.1. The van der Waals surface area contributed by atoms with E-state index in [1.165, 1.54) is 12.8 Å². The Morgan fingerprint density at radius 2 is 1.95 bits per heavy atom. The summed E-state index contributed by atoms with van der Waals surface area (Å²) in [5.74, 6) is 0. The van der Waals surface area contributed by atoms with E-state index in [0.29, 0.717) is 6.54 Å². The van der Waals surface area contributed by atoms with Gasteiger partial charge in [0.05, 0.1) is 12.1 Å². The van der Waals surface area contributed by atoms with E-state index < -0.39 is 5.60 Å². The van der Waals surface area contributed by atoms with Gasteiger partial charge in [-0.3, -0.25) is 0 Å². The molecule has 118 valence electrons. The molecule has 1 rings (SSSR count). The molecule has 4 nitrogen and oxygen atoms in total. The van der Waals surface area contributed by atoms with Gasteiger partial charge in [0.15, 0.2) is 0 Å². The van der Waals surface area contributed by atoms with Gasteiger partial charge in [-0.2, -0.15) is 0 Å². The van der Waals surface area contributed by atoms with Crippen LogP contribution in [0.2, 0.25) is 0 Å². The van der Waals surface area contributed by atoms with Crippen LogP contribution in [-0.4, -0.2) is 41.9 Å². The molecule has 1 unspecified atom stereocenters. The van der Waals surface area contributed by atoms with Crippen LogP contribution >= 0.6 is 0 Å². The quantitative estimate of drug-likeness (QED) is 0.693. The Balaban J connectivity index is 2.47. The molecule has 20 heavy (non-hydrogen) atoms. The van der Waals surface area contributed by atoms with Gasteiger partial charge in [-0.15, -0.1) is 0 Å². The van der Waals surface area contributed by atoms with Crippen LogP contribution in [-0.2, 0) is 9.47 Å². The van der Waals surface area contributed by atoms with Crippen molar-refractivity contribution in [2.75, 3.05) is 19.7 Å². The van der Waals surface area contributed by atoms with Crippen LogP contribution in [0.15, 0.2) is 0 Å². The summed E-state index contributed by atoms with van der Waals surface area (Å²) < 4.78 is 11.5. The average molecular weight is 285 g/mol. The summed E-state index contributed by atoms with van der Waals surface area (Å²) in [4.78, 5) is 13.9. The van der Waals surface area contributed by atoms with Crippen LogP contribution in [0.3, 0.4) is 0 Å². The summed E-state index contributed by atoms with van der Waals surface area (Å²) in [6.07, 6.45) is 5.14. The molecule has 0 aliphatic carbocycles. The van der Waals surface area contributed by atoms with Crippen molar-refractivity contribution in [1.82, 2.24) is 4.90 Å². The second kappa shape index (κ2) is 7.30. The predicted molar refractivity (Wildman–Crippen MR) is 80.9 cm³/mol. The number of amides is 1. The average Bonchev–Trinajstić information content (AvgIpc) is 2.78. The molecule has 0 N–H and O–H groups in total. The molecule has 1 fully saturated rings.